The first-order valence-corrected chi connectivity index (χ1v) is 6.68. The molecule has 1 aromatic carbocycles. The number of hydrogen-bond acceptors (Lipinski definition) is 2. The van der Waals surface area contributed by atoms with E-state index in [1.54, 1.807) is 6.92 Å². The summed E-state index contributed by atoms with van der Waals surface area (Å²) < 4.78 is 0. The summed E-state index contributed by atoms with van der Waals surface area (Å²) in [6.45, 7) is 1.71. The van der Waals surface area contributed by atoms with Gasteiger partial charge in [-0.25, -0.2) is 0 Å². The average molecular weight is 247 g/mol. The molecule has 3 nitrogen and oxygen atoms in total. The number of fused-ring (bicyclic) bond motifs is 1. The maximum absolute atomic E-state index is 10.8. The highest BCUT2D eigenvalue weighted by atomic mass is 16.4. The van der Waals surface area contributed by atoms with Gasteiger partial charge < -0.3 is 10.8 Å². The first kappa shape index (κ1) is 13.1. The zero-order valence-corrected chi connectivity index (χ0v) is 10.9. The lowest BCUT2D eigenvalue weighted by molar-refractivity contribution is -0.141. The third-order valence-corrected chi connectivity index (χ3v) is 3.83. The zero-order valence-electron chi connectivity index (χ0n) is 10.9. The van der Waals surface area contributed by atoms with Gasteiger partial charge in [-0.2, -0.15) is 0 Å². The van der Waals surface area contributed by atoms with Crippen molar-refractivity contribution < 1.29 is 9.90 Å². The quantitative estimate of drug-likeness (QED) is 0.859. The van der Waals surface area contributed by atoms with Gasteiger partial charge in [-0.05, 0) is 48.8 Å². The number of hydrogen-bond donors (Lipinski definition) is 2. The Labute approximate surface area is 108 Å². The molecule has 1 aromatic rings. The molecule has 0 fully saturated rings. The van der Waals surface area contributed by atoms with E-state index in [-0.39, 0.29) is 6.04 Å². The smallest absolute Gasteiger partial charge is 0.306 e. The third-order valence-electron chi connectivity index (χ3n) is 3.83. The fourth-order valence-corrected chi connectivity index (χ4v) is 2.60. The first-order valence-electron chi connectivity index (χ1n) is 6.68. The number of nitrogens with two attached hydrogens (primary N) is 1. The standard InChI is InChI=1S/C15H21NO2/c1-10(15(17)18)8-14(16)13-7-6-11-4-2-3-5-12(11)9-13/h6-7,9-10,14H,2-5,8,16H2,1H3,(H,17,18). The Kier molecular flexibility index (Phi) is 4.02. The maximum Gasteiger partial charge on any atom is 0.306 e. The van der Waals surface area contributed by atoms with Gasteiger partial charge in [0.25, 0.3) is 0 Å². The minimum Gasteiger partial charge on any atom is -0.481 e. The fourth-order valence-electron chi connectivity index (χ4n) is 2.60. The fraction of sp³-hybridized carbons (Fsp3) is 0.533. The summed E-state index contributed by atoms with van der Waals surface area (Å²) >= 11 is 0. The molecule has 1 aliphatic rings. The highest BCUT2D eigenvalue weighted by molar-refractivity contribution is 5.69. The van der Waals surface area contributed by atoms with Crippen molar-refractivity contribution in [3.63, 3.8) is 0 Å². The Morgan fingerprint density at radius 2 is 2.00 bits per heavy atom. The molecule has 0 saturated carbocycles. The minimum absolute atomic E-state index is 0.177. The van der Waals surface area contributed by atoms with Crippen molar-refractivity contribution in [3.8, 4) is 0 Å². The van der Waals surface area contributed by atoms with Crippen LogP contribution in [0.2, 0.25) is 0 Å². The molecule has 18 heavy (non-hydrogen) atoms. The van der Waals surface area contributed by atoms with Gasteiger partial charge in [0.05, 0.1) is 5.92 Å². The van der Waals surface area contributed by atoms with Gasteiger partial charge in [0, 0.05) is 6.04 Å². The van der Waals surface area contributed by atoms with Gasteiger partial charge in [0.1, 0.15) is 0 Å². The van der Waals surface area contributed by atoms with Gasteiger partial charge >= 0.3 is 5.97 Å². The van der Waals surface area contributed by atoms with Crippen LogP contribution in [0.25, 0.3) is 0 Å². The monoisotopic (exact) mass is 247 g/mol. The van der Waals surface area contributed by atoms with Gasteiger partial charge in [-0.15, -0.1) is 0 Å². The Balaban J connectivity index is 2.11. The molecule has 0 saturated heterocycles. The number of aliphatic carboxylic acids is 1. The van der Waals surface area contributed by atoms with Crippen LogP contribution in [0, 0.1) is 5.92 Å². The van der Waals surface area contributed by atoms with Crippen molar-refractivity contribution in [2.45, 2.75) is 45.1 Å². The molecule has 0 radical (unpaired) electrons. The maximum atomic E-state index is 10.8. The molecule has 1 aliphatic carbocycles. The average Bonchev–Trinajstić information content (AvgIpc) is 2.37. The van der Waals surface area contributed by atoms with Crippen molar-refractivity contribution in [2.24, 2.45) is 11.7 Å². The van der Waals surface area contributed by atoms with Crippen LogP contribution in [0.5, 0.6) is 0 Å². The summed E-state index contributed by atoms with van der Waals surface area (Å²) in [6.07, 6.45) is 5.31. The Morgan fingerprint density at radius 3 is 2.67 bits per heavy atom. The number of carbonyl (C=O) groups is 1. The number of rotatable bonds is 4. The predicted molar refractivity (Wildman–Crippen MR) is 71.4 cm³/mol. The predicted octanol–water partition coefficient (Wildman–Crippen LogP) is 2.68. The van der Waals surface area contributed by atoms with Crippen molar-refractivity contribution in [1.29, 1.82) is 0 Å². The van der Waals surface area contributed by atoms with E-state index in [2.05, 4.69) is 18.2 Å². The highest BCUT2D eigenvalue weighted by Crippen LogP contribution is 2.26. The topological polar surface area (TPSA) is 63.3 Å². The largest absolute Gasteiger partial charge is 0.481 e. The molecule has 98 valence electrons. The summed E-state index contributed by atoms with van der Waals surface area (Å²) in [5.74, 6) is -1.17. The number of carboxylic acids is 1. The van der Waals surface area contributed by atoms with E-state index in [1.807, 2.05) is 0 Å². The second-order valence-electron chi connectivity index (χ2n) is 5.32. The molecule has 0 spiro atoms. The first-order chi connectivity index (χ1) is 8.58. The second kappa shape index (κ2) is 5.53. The zero-order chi connectivity index (χ0) is 13.1. The van der Waals surface area contributed by atoms with Gasteiger partial charge in [-0.1, -0.05) is 25.1 Å². The second-order valence-corrected chi connectivity index (χ2v) is 5.32. The molecule has 0 bridgehead atoms. The van der Waals surface area contributed by atoms with Crippen molar-refractivity contribution in [2.75, 3.05) is 0 Å². The van der Waals surface area contributed by atoms with E-state index in [1.165, 1.54) is 24.0 Å². The van der Waals surface area contributed by atoms with Crippen molar-refractivity contribution in [3.05, 3.63) is 34.9 Å². The van der Waals surface area contributed by atoms with E-state index < -0.39 is 11.9 Å². The summed E-state index contributed by atoms with van der Waals surface area (Å²) in [6, 6.07) is 6.22. The minimum atomic E-state index is -0.775. The number of carboxylic acid groups (broad SMARTS) is 1. The summed E-state index contributed by atoms with van der Waals surface area (Å²) in [7, 11) is 0. The van der Waals surface area contributed by atoms with Crippen LogP contribution in [0.4, 0.5) is 0 Å². The Bertz CT molecular complexity index is 442. The van der Waals surface area contributed by atoms with Gasteiger partial charge in [-0.3, -0.25) is 4.79 Å². The van der Waals surface area contributed by atoms with Crippen LogP contribution in [-0.2, 0) is 17.6 Å². The van der Waals surface area contributed by atoms with Crippen LogP contribution >= 0.6 is 0 Å². The van der Waals surface area contributed by atoms with E-state index in [9.17, 15) is 4.79 Å². The molecular formula is C15H21NO2. The lowest BCUT2D eigenvalue weighted by Crippen LogP contribution is -2.19. The summed E-state index contributed by atoms with van der Waals surface area (Å²) in [4.78, 5) is 10.8. The molecule has 0 heterocycles. The molecule has 2 rings (SSSR count). The molecule has 3 heteroatoms. The Hall–Kier alpha value is -1.35. The normalized spacial score (nSPS) is 17.9. The number of benzene rings is 1. The van der Waals surface area contributed by atoms with E-state index >= 15 is 0 Å². The summed E-state index contributed by atoms with van der Waals surface area (Å²) in [5, 5.41) is 8.91. The van der Waals surface area contributed by atoms with Crippen LogP contribution in [0.1, 0.15) is 48.9 Å². The highest BCUT2D eigenvalue weighted by Gasteiger charge is 2.18. The van der Waals surface area contributed by atoms with Crippen LogP contribution < -0.4 is 5.73 Å². The molecule has 2 unspecified atom stereocenters. The molecular weight excluding hydrogens is 226 g/mol. The van der Waals surface area contributed by atoms with Crippen molar-refractivity contribution in [1.82, 2.24) is 0 Å². The third kappa shape index (κ3) is 2.91. The van der Waals surface area contributed by atoms with E-state index in [0.29, 0.717) is 6.42 Å². The molecule has 3 N–H and O–H groups in total. The Morgan fingerprint density at radius 1 is 1.33 bits per heavy atom. The van der Waals surface area contributed by atoms with Crippen LogP contribution in [0.3, 0.4) is 0 Å². The molecule has 0 aromatic heterocycles. The number of aryl methyl sites for hydroxylation is 2. The van der Waals surface area contributed by atoms with Gasteiger partial charge in [0.15, 0.2) is 0 Å². The van der Waals surface area contributed by atoms with E-state index in [4.69, 9.17) is 10.8 Å². The molecule has 0 aliphatic heterocycles. The molecule has 0 amide bonds. The van der Waals surface area contributed by atoms with Gasteiger partial charge in [0.2, 0.25) is 0 Å². The van der Waals surface area contributed by atoms with Crippen molar-refractivity contribution >= 4 is 5.97 Å². The molecule has 2 atom stereocenters. The lowest BCUT2D eigenvalue weighted by Gasteiger charge is -2.20. The lowest BCUT2D eigenvalue weighted by atomic mass is 9.88. The van der Waals surface area contributed by atoms with Crippen LogP contribution in [0.15, 0.2) is 18.2 Å². The van der Waals surface area contributed by atoms with E-state index in [0.717, 1.165) is 18.4 Å². The summed E-state index contributed by atoms with van der Waals surface area (Å²) in [5.41, 5.74) is 10.0. The SMILES string of the molecule is CC(CC(N)c1ccc2c(c1)CCCC2)C(=O)O. The van der Waals surface area contributed by atoms with Crippen LogP contribution in [-0.4, -0.2) is 11.1 Å².